The van der Waals surface area contributed by atoms with Gasteiger partial charge in [-0.05, 0) is 51.5 Å². The molecule has 4 aromatic heterocycles. The van der Waals surface area contributed by atoms with Crippen LogP contribution >= 0.6 is 39.0 Å². The fourth-order valence-electron chi connectivity index (χ4n) is 3.57. The third kappa shape index (κ3) is 5.26. The molecule has 0 aliphatic carbocycles. The standard InChI is InChI=1S/C24H20BrN5OS2/c25-18-8-9-21-26-19(13-23(31)30(21)15-18)16-33-24-28-27-22(14-20-7-4-12-32-20)29(24)11-10-17-5-2-1-3-6-17/h1-9,12-13,15H,10-11,14,16H2. The number of hydrogen-bond acceptors (Lipinski definition) is 6. The summed E-state index contributed by atoms with van der Waals surface area (Å²) in [6.07, 6.45) is 3.39. The molecule has 33 heavy (non-hydrogen) atoms. The molecule has 5 rings (SSSR count). The van der Waals surface area contributed by atoms with Crippen molar-refractivity contribution in [3.8, 4) is 0 Å². The number of aromatic nitrogens is 5. The van der Waals surface area contributed by atoms with E-state index in [1.807, 2.05) is 18.2 Å². The van der Waals surface area contributed by atoms with Crippen molar-refractivity contribution < 1.29 is 0 Å². The molecule has 0 aliphatic rings. The SMILES string of the molecule is O=c1cc(CSc2nnc(Cc3cccs3)n2CCc2ccccc2)nc2ccc(Br)cn12. The minimum Gasteiger partial charge on any atom is -0.305 e. The van der Waals surface area contributed by atoms with E-state index in [2.05, 4.69) is 77.5 Å². The van der Waals surface area contributed by atoms with Crippen LogP contribution in [0.15, 0.2) is 86.7 Å². The molecule has 166 valence electrons. The zero-order valence-electron chi connectivity index (χ0n) is 17.6. The summed E-state index contributed by atoms with van der Waals surface area (Å²) >= 11 is 6.69. The zero-order chi connectivity index (χ0) is 22.6. The molecule has 0 fully saturated rings. The average molecular weight is 538 g/mol. The fraction of sp³-hybridized carbons (Fsp3) is 0.167. The molecule has 0 saturated carbocycles. The first-order chi connectivity index (χ1) is 16.2. The number of fused-ring (bicyclic) bond motifs is 1. The van der Waals surface area contributed by atoms with Crippen molar-refractivity contribution in [2.45, 2.75) is 30.3 Å². The second-order valence-corrected chi connectivity index (χ2v) is 10.4. The van der Waals surface area contributed by atoms with Crippen LogP contribution in [-0.2, 0) is 25.1 Å². The molecular weight excluding hydrogens is 518 g/mol. The quantitative estimate of drug-likeness (QED) is 0.253. The fourth-order valence-corrected chi connectivity index (χ4v) is 5.49. The number of pyridine rings is 1. The van der Waals surface area contributed by atoms with Crippen LogP contribution in [0.1, 0.15) is 22.0 Å². The van der Waals surface area contributed by atoms with Gasteiger partial charge in [-0.25, -0.2) is 4.98 Å². The van der Waals surface area contributed by atoms with Crippen LogP contribution in [0.3, 0.4) is 0 Å². The lowest BCUT2D eigenvalue weighted by molar-refractivity contribution is 0.610. The van der Waals surface area contributed by atoms with Gasteiger partial charge in [0.2, 0.25) is 0 Å². The second kappa shape index (κ2) is 10.0. The number of rotatable bonds is 8. The average Bonchev–Trinajstić information content (AvgIpc) is 3.48. The van der Waals surface area contributed by atoms with Crippen molar-refractivity contribution in [2.75, 3.05) is 0 Å². The van der Waals surface area contributed by atoms with Crippen molar-refractivity contribution >= 4 is 44.7 Å². The van der Waals surface area contributed by atoms with E-state index in [0.29, 0.717) is 11.4 Å². The summed E-state index contributed by atoms with van der Waals surface area (Å²) in [5.74, 6) is 1.50. The Bertz CT molecular complexity index is 1430. The first-order valence-corrected chi connectivity index (χ1v) is 13.1. The van der Waals surface area contributed by atoms with Gasteiger partial charge in [0.1, 0.15) is 11.5 Å². The van der Waals surface area contributed by atoms with E-state index in [1.54, 1.807) is 39.8 Å². The van der Waals surface area contributed by atoms with E-state index in [1.165, 1.54) is 10.4 Å². The number of thiophene rings is 1. The van der Waals surface area contributed by atoms with Gasteiger partial charge in [0.25, 0.3) is 5.56 Å². The molecule has 5 aromatic rings. The Morgan fingerprint density at radius 3 is 2.73 bits per heavy atom. The highest BCUT2D eigenvalue weighted by molar-refractivity contribution is 9.10. The Hall–Kier alpha value is -2.75. The van der Waals surface area contributed by atoms with Gasteiger partial charge in [-0.15, -0.1) is 21.5 Å². The van der Waals surface area contributed by atoms with Gasteiger partial charge in [0.15, 0.2) is 5.16 Å². The highest BCUT2D eigenvalue weighted by atomic mass is 79.9. The summed E-state index contributed by atoms with van der Waals surface area (Å²) in [5.41, 5.74) is 2.54. The molecule has 6 nitrogen and oxygen atoms in total. The Morgan fingerprint density at radius 2 is 1.91 bits per heavy atom. The number of hydrogen-bond donors (Lipinski definition) is 0. The maximum absolute atomic E-state index is 12.5. The largest absolute Gasteiger partial charge is 0.305 e. The predicted molar refractivity (Wildman–Crippen MR) is 136 cm³/mol. The highest BCUT2D eigenvalue weighted by Gasteiger charge is 2.15. The van der Waals surface area contributed by atoms with Gasteiger partial charge in [-0.1, -0.05) is 48.2 Å². The van der Waals surface area contributed by atoms with Crippen molar-refractivity contribution in [1.29, 1.82) is 0 Å². The van der Waals surface area contributed by atoms with Crippen LogP contribution in [0.2, 0.25) is 0 Å². The van der Waals surface area contributed by atoms with Crippen molar-refractivity contribution in [3.05, 3.63) is 109 Å². The third-order valence-electron chi connectivity index (χ3n) is 5.20. The van der Waals surface area contributed by atoms with Gasteiger partial charge >= 0.3 is 0 Å². The number of nitrogens with zero attached hydrogens (tertiary/aromatic N) is 5. The molecular formula is C24H20BrN5OS2. The number of benzene rings is 1. The topological polar surface area (TPSA) is 65.1 Å². The van der Waals surface area contributed by atoms with Crippen molar-refractivity contribution in [2.24, 2.45) is 0 Å². The maximum Gasteiger partial charge on any atom is 0.258 e. The third-order valence-corrected chi connectivity index (χ3v) is 7.54. The molecule has 0 unspecified atom stereocenters. The van der Waals surface area contributed by atoms with Gasteiger partial charge < -0.3 is 4.57 Å². The van der Waals surface area contributed by atoms with E-state index in [-0.39, 0.29) is 5.56 Å². The monoisotopic (exact) mass is 537 g/mol. The zero-order valence-corrected chi connectivity index (χ0v) is 20.8. The minimum absolute atomic E-state index is 0.0965. The summed E-state index contributed by atoms with van der Waals surface area (Å²) in [7, 11) is 0. The van der Waals surface area contributed by atoms with Crippen LogP contribution in [0, 0.1) is 0 Å². The maximum atomic E-state index is 12.5. The molecule has 0 aliphatic heterocycles. The first-order valence-electron chi connectivity index (χ1n) is 10.4. The van der Waals surface area contributed by atoms with E-state index in [0.717, 1.165) is 40.5 Å². The van der Waals surface area contributed by atoms with Crippen LogP contribution < -0.4 is 5.56 Å². The van der Waals surface area contributed by atoms with Crippen LogP contribution in [0.5, 0.6) is 0 Å². The molecule has 0 amide bonds. The minimum atomic E-state index is -0.0965. The summed E-state index contributed by atoms with van der Waals surface area (Å²) < 4.78 is 4.58. The van der Waals surface area contributed by atoms with E-state index in [9.17, 15) is 4.79 Å². The van der Waals surface area contributed by atoms with E-state index < -0.39 is 0 Å². The summed E-state index contributed by atoms with van der Waals surface area (Å²) in [5, 5.41) is 11.9. The number of aryl methyl sites for hydroxylation is 1. The van der Waals surface area contributed by atoms with E-state index in [4.69, 9.17) is 0 Å². The first kappa shape index (κ1) is 22.1. The molecule has 0 spiro atoms. The molecule has 1 aromatic carbocycles. The van der Waals surface area contributed by atoms with Gasteiger partial charge in [-0.2, -0.15) is 0 Å². The Balaban J connectivity index is 1.38. The van der Waals surface area contributed by atoms with E-state index >= 15 is 0 Å². The molecule has 0 atom stereocenters. The lowest BCUT2D eigenvalue weighted by Gasteiger charge is -2.10. The molecule has 4 heterocycles. The van der Waals surface area contributed by atoms with Gasteiger partial charge in [0.05, 0.1) is 5.69 Å². The summed E-state index contributed by atoms with van der Waals surface area (Å²) in [6, 6.07) is 19.9. The molecule has 0 radical (unpaired) electrons. The Labute approximate surface area is 207 Å². The molecule has 9 heteroatoms. The molecule has 0 saturated heterocycles. The smallest absolute Gasteiger partial charge is 0.258 e. The van der Waals surface area contributed by atoms with Crippen molar-refractivity contribution in [3.63, 3.8) is 0 Å². The summed E-state index contributed by atoms with van der Waals surface area (Å²) in [4.78, 5) is 18.4. The predicted octanol–water partition coefficient (Wildman–Crippen LogP) is 5.24. The van der Waals surface area contributed by atoms with Crippen LogP contribution in [0.25, 0.3) is 5.65 Å². The lowest BCUT2D eigenvalue weighted by Crippen LogP contribution is -2.15. The summed E-state index contributed by atoms with van der Waals surface area (Å²) in [6.45, 7) is 0.794. The molecule has 0 N–H and O–H groups in total. The van der Waals surface area contributed by atoms with Crippen molar-refractivity contribution in [1.82, 2.24) is 24.1 Å². The van der Waals surface area contributed by atoms with Crippen LogP contribution in [0.4, 0.5) is 0 Å². The molecule has 0 bridgehead atoms. The Kier molecular flexibility index (Phi) is 6.70. The second-order valence-electron chi connectivity index (χ2n) is 7.49. The normalized spacial score (nSPS) is 11.3. The Morgan fingerprint density at radius 1 is 1.03 bits per heavy atom. The highest BCUT2D eigenvalue weighted by Crippen LogP contribution is 2.24. The number of thioether (sulfide) groups is 1. The number of halogens is 1. The van der Waals surface area contributed by atoms with Crippen LogP contribution in [-0.4, -0.2) is 24.1 Å². The van der Waals surface area contributed by atoms with Gasteiger partial charge in [0, 0.05) is 40.3 Å². The van der Waals surface area contributed by atoms with Gasteiger partial charge in [-0.3, -0.25) is 9.20 Å². The lowest BCUT2D eigenvalue weighted by atomic mass is 10.1.